The topological polar surface area (TPSA) is 146 Å². The maximum atomic E-state index is 13.4. The van der Waals surface area contributed by atoms with Crippen LogP contribution >= 0.6 is 0 Å². The number of carbonyl (C=O) groups excluding carboxylic acids is 1. The zero-order valence-corrected chi connectivity index (χ0v) is 12.0. The molecule has 0 unspecified atom stereocenters. The average Bonchev–Trinajstić information content (AvgIpc) is 3.01. The summed E-state index contributed by atoms with van der Waals surface area (Å²) >= 11 is 0. The van der Waals surface area contributed by atoms with Gasteiger partial charge in [0.25, 0.3) is 0 Å². The van der Waals surface area contributed by atoms with E-state index in [-0.39, 0.29) is 17.0 Å². The number of aliphatic hydroxyl groups is 2. The van der Waals surface area contributed by atoms with Gasteiger partial charge in [-0.25, -0.2) is 4.98 Å². The Morgan fingerprint density at radius 3 is 2.96 bits per heavy atom. The van der Waals surface area contributed by atoms with Gasteiger partial charge in [-0.3, -0.25) is 9.36 Å². The Labute approximate surface area is 128 Å². The van der Waals surface area contributed by atoms with Crippen LogP contribution in [-0.2, 0) is 14.3 Å². The van der Waals surface area contributed by atoms with Gasteiger partial charge in [0.15, 0.2) is 29.3 Å². The number of aliphatic hydroxyl groups excluding tert-OH is 2. The molecule has 0 amide bonds. The summed E-state index contributed by atoms with van der Waals surface area (Å²) in [5.41, 5.74) is 5.74. The second kappa shape index (κ2) is 5.68. The molecule has 3 rings (SSSR count). The van der Waals surface area contributed by atoms with Crippen LogP contribution in [-0.4, -0.2) is 60.6 Å². The van der Waals surface area contributed by atoms with Crippen LogP contribution in [0, 0.1) is 6.08 Å². The first-order chi connectivity index (χ1) is 10.9. The molecule has 0 bridgehead atoms. The van der Waals surface area contributed by atoms with Crippen LogP contribution in [0.2, 0.25) is 0 Å². The second-order valence-corrected chi connectivity index (χ2v) is 5.01. The van der Waals surface area contributed by atoms with Crippen molar-refractivity contribution in [3.63, 3.8) is 0 Å². The lowest BCUT2D eigenvalue weighted by atomic mass is 10.1. The highest BCUT2D eigenvalue weighted by molar-refractivity contribution is 5.81. The number of nitrogens with zero attached hydrogens (tertiary/aromatic N) is 4. The molecule has 1 fully saturated rings. The van der Waals surface area contributed by atoms with E-state index in [1.807, 2.05) is 0 Å². The molecule has 3 heterocycles. The quantitative estimate of drug-likeness (QED) is 0.464. The molecule has 0 aromatic carbocycles. The smallest absolute Gasteiger partial charge is 0.312 e. The van der Waals surface area contributed by atoms with Gasteiger partial charge in [0.05, 0.1) is 12.9 Å². The van der Waals surface area contributed by atoms with Gasteiger partial charge in [0.1, 0.15) is 12.2 Å². The van der Waals surface area contributed by atoms with Gasteiger partial charge < -0.3 is 25.4 Å². The lowest BCUT2D eigenvalue weighted by Gasteiger charge is -2.21. The Morgan fingerprint density at radius 2 is 2.30 bits per heavy atom. The summed E-state index contributed by atoms with van der Waals surface area (Å²) in [6, 6.07) is 0. The summed E-state index contributed by atoms with van der Waals surface area (Å²) in [6.45, 7) is 0.676. The van der Waals surface area contributed by atoms with E-state index in [0.717, 1.165) is 0 Å². The number of aromatic nitrogens is 4. The first kappa shape index (κ1) is 15.5. The molecule has 0 spiro atoms. The van der Waals surface area contributed by atoms with Gasteiger partial charge >= 0.3 is 12.0 Å². The van der Waals surface area contributed by atoms with Crippen LogP contribution in [0.1, 0.15) is 13.2 Å². The summed E-state index contributed by atoms with van der Waals surface area (Å²) in [6.07, 6.45) is -4.23. The van der Waals surface area contributed by atoms with Crippen molar-refractivity contribution in [1.29, 1.82) is 0 Å². The number of hydrogen-bond donors (Lipinski definition) is 3. The van der Waals surface area contributed by atoms with E-state index in [4.69, 9.17) is 15.2 Å². The minimum absolute atomic E-state index is 0.0166. The summed E-state index contributed by atoms with van der Waals surface area (Å²) in [7, 11) is 0. The van der Waals surface area contributed by atoms with Crippen molar-refractivity contribution in [2.45, 2.75) is 31.5 Å². The number of fused-ring (bicyclic) bond motifs is 1. The summed E-state index contributed by atoms with van der Waals surface area (Å²) in [4.78, 5) is 22.2. The zero-order valence-electron chi connectivity index (χ0n) is 12.0. The first-order valence-electron chi connectivity index (χ1n) is 6.69. The standard InChI is InChI=1S/C12H14FN5O5/c1-4(20)22-8-7(21)5(2-19)23-11(8)18-3-15-6-9(14)16-12(13)17-10(6)18/h3,5,7-8,11,19,21H,2H2,1H3,(H2,14,16,17)/t5-,7-,8+,11-/m1/s1. The Bertz CT molecular complexity index is 753. The van der Waals surface area contributed by atoms with Gasteiger partial charge in [-0.2, -0.15) is 14.4 Å². The number of rotatable bonds is 3. The third kappa shape index (κ3) is 2.58. The minimum atomic E-state index is -1.27. The number of ether oxygens (including phenoxy) is 2. The van der Waals surface area contributed by atoms with Gasteiger partial charge in [-0.1, -0.05) is 0 Å². The first-order valence-corrected chi connectivity index (χ1v) is 6.69. The minimum Gasteiger partial charge on any atom is -0.455 e. The molecular formula is C12H14FN5O5. The number of nitrogens with two attached hydrogens (primary N) is 1. The van der Waals surface area contributed by atoms with Crippen LogP contribution in [0.4, 0.5) is 10.2 Å². The summed E-state index contributed by atoms with van der Waals surface area (Å²) < 4.78 is 25.2. The molecule has 0 radical (unpaired) electrons. The van der Waals surface area contributed by atoms with Crippen LogP contribution in [0.25, 0.3) is 11.2 Å². The Kier molecular flexibility index (Phi) is 3.83. The molecule has 0 saturated carbocycles. The van der Waals surface area contributed by atoms with E-state index in [1.165, 1.54) is 17.8 Å². The van der Waals surface area contributed by atoms with Crippen LogP contribution in [0.5, 0.6) is 0 Å². The fraction of sp³-hybridized carbons (Fsp3) is 0.500. The molecule has 1 aliphatic rings. The van der Waals surface area contributed by atoms with E-state index >= 15 is 0 Å². The molecule has 11 heteroatoms. The highest BCUT2D eigenvalue weighted by Gasteiger charge is 2.47. The van der Waals surface area contributed by atoms with E-state index in [2.05, 4.69) is 15.0 Å². The molecule has 10 nitrogen and oxygen atoms in total. The van der Waals surface area contributed by atoms with Crippen molar-refractivity contribution in [3.8, 4) is 0 Å². The molecule has 2 aromatic rings. The number of nitrogen functional groups attached to an aromatic ring is 1. The van der Waals surface area contributed by atoms with Crippen molar-refractivity contribution < 1.29 is 28.9 Å². The normalized spacial score (nSPS) is 27.5. The van der Waals surface area contributed by atoms with Crippen LogP contribution in [0.3, 0.4) is 0 Å². The number of carbonyl (C=O) groups is 1. The predicted octanol–water partition coefficient (Wildman–Crippen LogP) is -1.27. The summed E-state index contributed by atoms with van der Waals surface area (Å²) in [5.74, 6) is -0.807. The zero-order chi connectivity index (χ0) is 16.7. The fourth-order valence-electron chi connectivity index (χ4n) is 2.51. The molecule has 2 aromatic heterocycles. The predicted molar refractivity (Wildman–Crippen MR) is 72.2 cm³/mol. The maximum absolute atomic E-state index is 13.4. The van der Waals surface area contributed by atoms with Crippen molar-refractivity contribution in [2.24, 2.45) is 0 Å². The van der Waals surface area contributed by atoms with E-state index in [9.17, 15) is 19.4 Å². The van der Waals surface area contributed by atoms with Gasteiger partial charge in [0.2, 0.25) is 0 Å². The van der Waals surface area contributed by atoms with Gasteiger partial charge in [0, 0.05) is 6.92 Å². The number of imidazole rings is 1. The number of halogens is 1. The lowest BCUT2D eigenvalue weighted by molar-refractivity contribution is -0.155. The number of esters is 1. The van der Waals surface area contributed by atoms with Crippen molar-refractivity contribution in [3.05, 3.63) is 12.4 Å². The average molecular weight is 327 g/mol. The monoisotopic (exact) mass is 327 g/mol. The highest BCUT2D eigenvalue weighted by atomic mass is 19.1. The molecule has 0 aliphatic carbocycles. The second-order valence-electron chi connectivity index (χ2n) is 5.01. The molecular weight excluding hydrogens is 313 g/mol. The van der Waals surface area contributed by atoms with Crippen molar-refractivity contribution >= 4 is 23.0 Å². The van der Waals surface area contributed by atoms with Crippen molar-refractivity contribution in [2.75, 3.05) is 12.3 Å². The van der Waals surface area contributed by atoms with E-state index in [0.29, 0.717) is 0 Å². The highest BCUT2D eigenvalue weighted by Crippen LogP contribution is 2.34. The number of anilines is 1. The maximum Gasteiger partial charge on any atom is 0.312 e. The lowest BCUT2D eigenvalue weighted by Crippen LogP contribution is -2.36. The summed E-state index contributed by atoms with van der Waals surface area (Å²) in [5, 5.41) is 19.4. The number of hydrogen-bond acceptors (Lipinski definition) is 9. The Hall–Kier alpha value is -2.37. The Balaban J connectivity index is 2.06. The molecule has 1 aliphatic heterocycles. The molecule has 1 saturated heterocycles. The SMILES string of the molecule is CC(=O)O[C@H]1[C@H](O)[C@@H](CO)O[C@H]1n1cnc2c(N)nc(F)nc21. The molecule has 124 valence electrons. The molecule has 4 N–H and O–H groups in total. The molecule has 23 heavy (non-hydrogen) atoms. The van der Waals surface area contributed by atoms with Crippen LogP contribution in [0.15, 0.2) is 6.33 Å². The van der Waals surface area contributed by atoms with Gasteiger partial charge in [-0.05, 0) is 0 Å². The van der Waals surface area contributed by atoms with E-state index in [1.54, 1.807) is 0 Å². The van der Waals surface area contributed by atoms with E-state index < -0.39 is 43.2 Å². The molecule has 4 atom stereocenters. The fourth-order valence-corrected chi connectivity index (χ4v) is 2.51. The van der Waals surface area contributed by atoms with Crippen LogP contribution < -0.4 is 5.73 Å². The largest absolute Gasteiger partial charge is 0.455 e. The van der Waals surface area contributed by atoms with Crippen molar-refractivity contribution in [1.82, 2.24) is 19.5 Å². The van der Waals surface area contributed by atoms with Gasteiger partial charge in [-0.15, -0.1) is 0 Å². The Morgan fingerprint density at radius 1 is 1.57 bits per heavy atom. The third-order valence-electron chi connectivity index (χ3n) is 3.49. The third-order valence-corrected chi connectivity index (χ3v) is 3.49.